The van der Waals surface area contributed by atoms with E-state index in [0.717, 1.165) is 16.6 Å². The third-order valence-corrected chi connectivity index (χ3v) is 4.75. The van der Waals surface area contributed by atoms with Crippen LogP contribution in [0.3, 0.4) is 0 Å². The van der Waals surface area contributed by atoms with Gasteiger partial charge in [-0.15, -0.1) is 0 Å². The number of aromatic amines is 1. The lowest BCUT2D eigenvalue weighted by Gasteiger charge is -2.24. The lowest BCUT2D eigenvalue weighted by molar-refractivity contribution is -0.120. The number of carbonyl (C=O) groups is 2. The molecular formula is C19H18N4O2. The lowest BCUT2D eigenvalue weighted by Crippen LogP contribution is -2.43. The molecule has 4 rings (SSSR count). The summed E-state index contributed by atoms with van der Waals surface area (Å²) in [5.41, 5.74) is 2.23. The molecule has 2 amide bonds. The molecule has 1 aliphatic rings. The van der Waals surface area contributed by atoms with Crippen LogP contribution in [0, 0.1) is 0 Å². The van der Waals surface area contributed by atoms with Gasteiger partial charge in [0.25, 0.3) is 5.91 Å². The van der Waals surface area contributed by atoms with Crippen molar-refractivity contribution in [2.45, 2.75) is 12.5 Å². The van der Waals surface area contributed by atoms with Gasteiger partial charge < -0.3 is 9.80 Å². The lowest BCUT2D eigenvalue weighted by atomic mass is 10.1. The summed E-state index contributed by atoms with van der Waals surface area (Å²) in [5.74, 6) is -0.207. The molecule has 2 aromatic carbocycles. The van der Waals surface area contributed by atoms with Crippen LogP contribution in [0.2, 0.25) is 0 Å². The highest BCUT2D eigenvalue weighted by molar-refractivity contribution is 6.09. The van der Waals surface area contributed by atoms with E-state index >= 15 is 0 Å². The molecule has 25 heavy (non-hydrogen) atoms. The third-order valence-electron chi connectivity index (χ3n) is 4.75. The Kier molecular flexibility index (Phi) is 3.72. The number of likely N-dealkylation sites (N-methyl/N-ethyl adjacent to an activating group) is 1. The van der Waals surface area contributed by atoms with Crippen LogP contribution in [0.1, 0.15) is 16.8 Å². The number of nitrogens with one attached hydrogen (secondary N) is 1. The molecule has 0 spiro atoms. The Labute approximate surface area is 145 Å². The van der Waals surface area contributed by atoms with Crippen LogP contribution in [0.25, 0.3) is 10.9 Å². The highest BCUT2D eigenvalue weighted by Crippen LogP contribution is 2.25. The summed E-state index contributed by atoms with van der Waals surface area (Å²) in [6.07, 6.45) is 2.26. The van der Waals surface area contributed by atoms with E-state index in [9.17, 15) is 9.59 Å². The first-order chi connectivity index (χ1) is 12.2. The summed E-state index contributed by atoms with van der Waals surface area (Å²) in [4.78, 5) is 29.0. The topological polar surface area (TPSA) is 69.3 Å². The maximum Gasteiger partial charge on any atom is 0.255 e. The Bertz CT molecular complexity index is 935. The predicted octanol–water partition coefficient (Wildman–Crippen LogP) is 2.44. The van der Waals surface area contributed by atoms with Crippen molar-refractivity contribution in [1.82, 2.24) is 15.1 Å². The highest BCUT2D eigenvalue weighted by Gasteiger charge is 2.37. The van der Waals surface area contributed by atoms with E-state index < -0.39 is 6.04 Å². The molecule has 1 N–H and O–H groups in total. The molecule has 0 radical (unpaired) electrons. The maximum absolute atomic E-state index is 12.9. The first kappa shape index (κ1) is 15.4. The van der Waals surface area contributed by atoms with E-state index in [-0.39, 0.29) is 11.8 Å². The van der Waals surface area contributed by atoms with Crippen LogP contribution in [-0.4, -0.2) is 46.5 Å². The molecule has 6 nitrogen and oxygen atoms in total. The number of rotatable bonds is 3. The monoisotopic (exact) mass is 334 g/mol. The van der Waals surface area contributed by atoms with E-state index in [0.29, 0.717) is 18.5 Å². The smallest absolute Gasteiger partial charge is 0.255 e. The van der Waals surface area contributed by atoms with Gasteiger partial charge in [0.2, 0.25) is 5.91 Å². The number of amides is 2. The predicted molar refractivity (Wildman–Crippen MR) is 95.4 cm³/mol. The Morgan fingerprint density at radius 1 is 1.20 bits per heavy atom. The average molecular weight is 334 g/mol. The van der Waals surface area contributed by atoms with Crippen LogP contribution < -0.4 is 4.90 Å². The van der Waals surface area contributed by atoms with Crippen molar-refractivity contribution in [2.24, 2.45) is 0 Å². The van der Waals surface area contributed by atoms with Gasteiger partial charge in [0.1, 0.15) is 6.04 Å². The van der Waals surface area contributed by atoms with Gasteiger partial charge in [-0.2, -0.15) is 5.10 Å². The number of anilines is 1. The van der Waals surface area contributed by atoms with Crippen LogP contribution in [0.4, 0.5) is 5.69 Å². The summed E-state index contributed by atoms with van der Waals surface area (Å²) in [5, 5.41) is 7.63. The molecule has 1 atom stereocenters. The standard InChI is InChI=1S/C19H18N4O2/c1-22(18(24)14-8-5-9-16-15(14)12-20-21-16)17-10-11-23(19(17)25)13-6-3-2-4-7-13/h2-9,12,17H,10-11H2,1H3,(H,20,21)/t17-/m1/s1. The Hall–Kier alpha value is -3.15. The van der Waals surface area contributed by atoms with Crippen molar-refractivity contribution in [3.63, 3.8) is 0 Å². The Morgan fingerprint density at radius 3 is 2.80 bits per heavy atom. The van der Waals surface area contributed by atoms with Crippen molar-refractivity contribution in [1.29, 1.82) is 0 Å². The second kappa shape index (κ2) is 6.05. The van der Waals surface area contributed by atoms with E-state index in [1.165, 1.54) is 0 Å². The number of carbonyl (C=O) groups excluding carboxylic acids is 2. The number of nitrogens with zero attached hydrogens (tertiary/aromatic N) is 3. The van der Waals surface area contributed by atoms with Gasteiger partial charge in [-0.05, 0) is 30.7 Å². The molecule has 2 heterocycles. The Morgan fingerprint density at radius 2 is 2.00 bits per heavy atom. The second-order valence-electron chi connectivity index (χ2n) is 6.18. The molecule has 0 unspecified atom stereocenters. The van der Waals surface area contributed by atoms with Gasteiger partial charge in [-0.1, -0.05) is 24.3 Å². The maximum atomic E-state index is 12.9. The summed E-state index contributed by atoms with van der Waals surface area (Å²) >= 11 is 0. The summed E-state index contributed by atoms with van der Waals surface area (Å²) in [6.45, 7) is 0.612. The number of H-pyrrole nitrogens is 1. The van der Waals surface area contributed by atoms with Gasteiger partial charge in [0, 0.05) is 24.7 Å². The minimum atomic E-state index is -0.449. The summed E-state index contributed by atoms with van der Waals surface area (Å²) in [7, 11) is 1.69. The number of hydrogen-bond donors (Lipinski definition) is 1. The molecule has 0 bridgehead atoms. The molecule has 1 aromatic heterocycles. The first-order valence-electron chi connectivity index (χ1n) is 8.22. The zero-order valence-corrected chi connectivity index (χ0v) is 13.8. The number of benzene rings is 2. The van der Waals surface area contributed by atoms with Crippen LogP contribution in [0.5, 0.6) is 0 Å². The highest BCUT2D eigenvalue weighted by atomic mass is 16.2. The first-order valence-corrected chi connectivity index (χ1v) is 8.22. The number of hydrogen-bond acceptors (Lipinski definition) is 3. The quantitative estimate of drug-likeness (QED) is 0.800. The fourth-order valence-electron chi connectivity index (χ4n) is 3.37. The number of aromatic nitrogens is 2. The molecule has 6 heteroatoms. The summed E-state index contributed by atoms with van der Waals surface area (Å²) < 4.78 is 0. The van der Waals surface area contributed by atoms with Gasteiger partial charge in [0.15, 0.2) is 0 Å². The van der Waals surface area contributed by atoms with Gasteiger partial charge in [-0.3, -0.25) is 14.7 Å². The zero-order valence-electron chi connectivity index (χ0n) is 13.8. The van der Waals surface area contributed by atoms with Crippen LogP contribution in [0.15, 0.2) is 54.7 Å². The van der Waals surface area contributed by atoms with Crippen molar-refractivity contribution >= 4 is 28.4 Å². The van der Waals surface area contributed by atoms with Crippen molar-refractivity contribution in [3.8, 4) is 0 Å². The largest absolute Gasteiger partial charge is 0.330 e. The molecule has 3 aromatic rings. The zero-order chi connectivity index (χ0) is 17.4. The van der Waals surface area contributed by atoms with Crippen LogP contribution >= 0.6 is 0 Å². The van der Waals surface area contributed by atoms with E-state index in [4.69, 9.17) is 0 Å². The van der Waals surface area contributed by atoms with E-state index in [1.807, 2.05) is 42.5 Å². The molecular weight excluding hydrogens is 316 g/mol. The van der Waals surface area contributed by atoms with Gasteiger partial charge >= 0.3 is 0 Å². The third kappa shape index (κ3) is 2.55. The number of fused-ring (bicyclic) bond motifs is 1. The second-order valence-corrected chi connectivity index (χ2v) is 6.18. The van der Waals surface area contributed by atoms with Crippen LogP contribution in [-0.2, 0) is 4.79 Å². The van der Waals surface area contributed by atoms with E-state index in [2.05, 4.69) is 10.2 Å². The Balaban J connectivity index is 1.59. The number of para-hydroxylation sites is 1. The SMILES string of the molecule is CN(C(=O)c1cccc2[nH]ncc12)[C@@H]1CCN(c2ccccc2)C1=O. The van der Waals surface area contributed by atoms with Gasteiger partial charge in [-0.25, -0.2) is 0 Å². The molecule has 1 aliphatic heterocycles. The van der Waals surface area contributed by atoms with Crippen molar-refractivity contribution in [2.75, 3.05) is 18.5 Å². The summed E-state index contributed by atoms with van der Waals surface area (Å²) in [6, 6.07) is 14.6. The van der Waals surface area contributed by atoms with Crippen molar-refractivity contribution in [3.05, 3.63) is 60.3 Å². The minimum Gasteiger partial charge on any atom is -0.330 e. The molecule has 1 saturated heterocycles. The molecule has 0 saturated carbocycles. The van der Waals surface area contributed by atoms with E-state index in [1.54, 1.807) is 29.1 Å². The minimum absolute atomic E-state index is 0.0404. The normalized spacial score (nSPS) is 17.2. The molecule has 0 aliphatic carbocycles. The molecule has 1 fully saturated rings. The fraction of sp³-hybridized carbons (Fsp3) is 0.211. The average Bonchev–Trinajstić information content (AvgIpc) is 3.27. The molecule has 126 valence electrons. The fourth-order valence-corrected chi connectivity index (χ4v) is 3.37. The van der Waals surface area contributed by atoms with Crippen molar-refractivity contribution < 1.29 is 9.59 Å². The van der Waals surface area contributed by atoms with Gasteiger partial charge in [0.05, 0.1) is 17.3 Å².